The van der Waals surface area contributed by atoms with Gasteiger partial charge in [-0.3, -0.25) is 4.79 Å². The van der Waals surface area contributed by atoms with E-state index in [4.69, 9.17) is 16.3 Å². The van der Waals surface area contributed by atoms with Crippen LogP contribution in [0.1, 0.15) is 24.4 Å². The molecule has 2 heterocycles. The van der Waals surface area contributed by atoms with Crippen LogP contribution in [0.3, 0.4) is 0 Å². The quantitative estimate of drug-likeness (QED) is 0.801. The normalized spacial score (nSPS) is 19.6. The van der Waals surface area contributed by atoms with Crippen LogP contribution in [0.5, 0.6) is 0 Å². The highest BCUT2D eigenvalue weighted by Crippen LogP contribution is 2.24. The highest BCUT2D eigenvalue weighted by molar-refractivity contribution is 6.30. The molecule has 0 saturated carbocycles. The van der Waals surface area contributed by atoms with Gasteiger partial charge in [-0.2, -0.15) is 5.10 Å². The van der Waals surface area contributed by atoms with Gasteiger partial charge in [0, 0.05) is 6.54 Å². The Morgan fingerprint density at radius 1 is 1.43 bits per heavy atom. The minimum absolute atomic E-state index is 0.103. The summed E-state index contributed by atoms with van der Waals surface area (Å²) in [7, 11) is 0. The molecule has 0 N–H and O–H groups in total. The second-order valence-corrected chi connectivity index (χ2v) is 6.15. The first-order chi connectivity index (χ1) is 11.2. The predicted octanol–water partition coefficient (Wildman–Crippen LogP) is 1.85. The van der Waals surface area contributed by atoms with Crippen molar-refractivity contribution in [2.75, 3.05) is 19.8 Å². The number of hydrogen-bond acceptors (Lipinski definition) is 4. The van der Waals surface area contributed by atoms with E-state index in [1.807, 2.05) is 35.0 Å². The summed E-state index contributed by atoms with van der Waals surface area (Å²) in [6.45, 7) is 3.72. The lowest BCUT2D eigenvalue weighted by molar-refractivity contribution is -0.139. The molecule has 1 aromatic heterocycles. The fourth-order valence-electron chi connectivity index (χ4n) is 2.72. The van der Waals surface area contributed by atoms with Gasteiger partial charge in [0.2, 0.25) is 5.91 Å². The predicted molar refractivity (Wildman–Crippen MR) is 86.2 cm³/mol. The third kappa shape index (κ3) is 3.54. The Kier molecular flexibility index (Phi) is 4.93. The maximum atomic E-state index is 12.4. The number of rotatable bonds is 4. The molecule has 1 amide bonds. The summed E-state index contributed by atoms with van der Waals surface area (Å²) in [6.07, 6.45) is 1.51. The van der Waals surface area contributed by atoms with Gasteiger partial charge in [0.15, 0.2) is 5.82 Å². The zero-order valence-electron chi connectivity index (χ0n) is 12.9. The summed E-state index contributed by atoms with van der Waals surface area (Å²) in [4.78, 5) is 18.5. The molecule has 0 bridgehead atoms. The number of amides is 1. The van der Waals surface area contributed by atoms with Gasteiger partial charge in [0.25, 0.3) is 0 Å². The average Bonchev–Trinajstić information content (AvgIpc) is 3.03. The fraction of sp³-hybridized carbons (Fsp3) is 0.438. The highest BCUT2D eigenvalue weighted by Gasteiger charge is 2.33. The number of hydrogen-bond donors (Lipinski definition) is 0. The second-order valence-electron chi connectivity index (χ2n) is 5.50. The summed E-state index contributed by atoms with van der Waals surface area (Å²) in [5.41, 5.74) is 1.12. The van der Waals surface area contributed by atoms with Crippen molar-refractivity contribution in [3.8, 4) is 0 Å². The molecule has 2 aromatic rings. The molecule has 1 aliphatic heterocycles. The molecule has 2 unspecified atom stereocenters. The summed E-state index contributed by atoms with van der Waals surface area (Å²) in [5.74, 6) is 0.619. The smallest absolute Gasteiger partial charge is 0.241 e. The van der Waals surface area contributed by atoms with Crippen LogP contribution >= 0.6 is 11.6 Å². The number of benzene rings is 1. The molecule has 1 fully saturated rings. The lowest BCUT2D eigenvalue weighted by atomic mass is 10.2. The molecule has 1 saturated heterocycles. The summed E-state index contributed by atoms with van der Waals surface area (Å²) in [6, 6.07) is 9.76. The molecular formula is C16H19ClN4O2. The van der Waals surface area contributed by atoms with Gasteiger partial charge in [0.05, 0.1) is 19.8 Å². The number of carbonyl (C=O) groups excluding carboxylic acids is 1. The number of nitrogens with zero attached hydrogens (tertiary/aromatic N) is 4. The Bertz CT molecular complexity index is 659. The molecule has 3 rings (SSSR count). The Labute approximate surface area is 140 Å². The van der Waals surface area contributed by atoms with Gasteiger partial charge in [-0.15, -0.1) is 11.6 Å². The van der Waals surface area contributed by atoms with Crippen molar-refractivity contribution < 1.29 is 9.53 Å². The van der Waals surface area contributed by atoms with E-state index in [1.165, 1.54) is 6.33 Å². The Hall–Kier alpha value is -1.92. The molecule has 6 nitrogen and oxygen atoms in total. The van der Waals surface area contributed by atoms with Crippen molar-refractivity contribution in [3.05, 3.63) is 48.0 Å². The van der Waals surface area contributed by atoms with E-state index >= 15 is 0 Å². The van der Waals surface area contributed by atoms with Gasteiger partial charge >= 0.3 is 0 Å². The maximum Gasteiger partial charge on any atom is 0.241 e. The van der Waals surface area contributed by atoms with E-state index in [2.05, 4.69) is 10.1 Å². The van der Waals surface area contributed by atoms with Crippen LogP contribution < -0.4 is 0 Å². The van der Waals surface area contributed by atoms with E-state index in [1.54, 1.807) is 11.8 Å². The lowest BCUT2D eigenvalue weighted by Gasteiger charge is -2.35. The lowest BCUT2D eigenvalue weighted by Crippen LogP contribution is -2.46. The topological polar surface area (TPSA) is 60.3 Å². The van der Waals surface area contributed by atoms with Crippen molar-refractivity contribution >= 4 is 17.5 Å². The van der Waals surface area contributed by atoms with Crippen LogP contribution in [0.2, 0.25) is 0 Å². The average molecular weight is 335 g/mol. The molecule has 0 aliphatic carbocycles. The van der Waals surface area contributed by atoms with Crippen LogP contribution in [-0.2, 0) is 16.1 Å². The third-order valence-electron chi connectivity index (χ3n) is 3.87. The monoisotopic (exact) mass is 334 g/mol. The summed E-state index contributed by atoms with van der Waals surface area (Å²) in [5, 5.41) is 3.74. The molecule has 7 heteroatoms. The van der Waals surface area contributed by atoms with Gasteiger partial charge in [-0.05, 0) is 12.5 Å². The zero-order valence-corrected chi connectivity index (χ0v) is 13.7. The SMILES string of the molecule is CC(Cl)C(=O)N1CCOCC1c1ncnn1Cc1ccccc1. The van der Waals surface area contributed by atoms with Crippen LogP contribution in [0, 0.1) is 0 Å². The second kappa shape index (κ2) is 7.10. The van der Waals surface area contributed by atoms with Crippen molar-refractivity contribution in [1.29, 1.82) is 0 Å². The number of ether oxygens (including phenoxy) is 1. The Morgan fingerprint density at radius 3 is 2.96 bits per heavy atom. The van der Waals surface area contributed by atoms with Crippen LogP contribution in [0.25, 0.3) is 0 Å². The molecule has 1 aliphatic rings. The standard InChI is InChI=1S/C16H19ClN4O2/c1-12(17)16(22)20-7-8-23-10-14(20)15-18-11-19-21(15)9-13-5-3-2-4-6-13/h2-6,11-12,14H,7-10H2,1H3. The maximum absolute atomic E-state index is 12.4. The molecule has 122 valence electrons. The van der Waals surface area contributed by atoms with E-state index in [0.717, 1.165) is 11.4 Å². The molecule has 23 heavy (non-hydrogen) atoms. The largest absolute Gasteiger partial charge is 0.377 e. The Morgan fingerprint density at radius 2 is 2.22 bits per heavy atom. The minimum Gasteiger partial charge on any atom is -0.377 e. The minimum atomic E-state index is -0.568. The van der Waals surface area contributed by atoms with E-state index < -0.39 is 5.38 Å². The summed E-state index contributed by atoms with van der Waals surface area (Å²) < 4.78 is 7.37. The van der Waals surface area contributed by atoms with Crippen molar-refractivity contribution in [1.82, 2.24) is 19.7 Å². The first-order valence-corrected chi connectivity index (χ1v) is 8.04. The van der Waals surface area contributed by atoms with Crippen LogP contribution in [0.4, 0.5) is 0 Å². The van der Waals surface area contributed by atoms with Crippen LogP contribution in [0.15, 0.2) is 36.7 Å². The summed E-state index contributed by atoms with van der Waals surface area (Å²) >= 11 is 5.98. The van der Waals surface area contributed by atoms with Gasteiger partial charge in [0.1, 0.15) is 17.7 Å². The number of halogens is 1. The number of alkyl halides is 1. The first kappa shape index (κ1) is 16.0. The number of morpholine rings is 1. The van der Waals surface area contributed by atoms with E-state index in [9.17, 15) is 4.79 Å². The third-order valence-corrected chi connectivity index (χ3v) is 4.06. The van der Waals surface area contributed by atoms with Crippen molar-refractivity contribution in [3.63, 3.8) is 0 Å². The van der Waals surface area contributed by atoms with Gasteiger partial charge < -0.3 is 9.64 Å². The first-order valence-electron chi connectivity index (χ1n) is 7.60. The van der Waals surface area contributed by atoms with Crippen molar-refractivity contribution in [2.24, 2.45) is 0 Å². The number of aromatic nitrogens is 3. The molecule has 0 spiro atoms. The molecule has 0 radical (unpaired) electrons. The van der Waals surface area contributed by atoms with Gasteiger partial charge in [-0.25, -0.2) is 9.67 Å². The molecular weight excluding hydrogens is 316 g/mol. The molecule has 2 atom stereocenters. The Balaban J connectivity index is 1.85. The van der Waals surface area contributed by atoms with E-state index in [-0.39, 0.29) is 11.9 Å². The number of carbonyl (C=O) groups is 1. The van der Waals surface area contributed by atoms with E-state index in [0.29, 0.717) is 26.3 Å². The van der Waals surface area contributed by atoms with Crippen LogP contribution in [-0.4, -0.2) is 50.7 Å². The fourth-order valence-corrected chi connectivity index (χ4v) is 2.84. The molecule has 1 aromatic carbocycles. The highest BCUT2D eigenvalue weighted by atomic mass is 35.5. The zero-order chi connectivity index (χ0) is 16.2. The van der Waals surface area contributed by atoms with Gasteiger partial charge in [-0.1, -0.05) is 30.3 Å². The van der Waals surface area contributed by atoms with Crippen molar-refractivity contribution in [2.45, 2.75) is 24.9 Å².